The van der Waals surface area contributed by atoms with Crippen LogP contribution in [0.25, 0.3) is 0 Å². The van der Waals surface area contributed by atoms with Crippen molar-refractivity contribution in [1.29, 1.82) is 0 Å². The average Bonchev–Trinajstić information content (AvgIpc) is 3.17. The summed E-state index contributed by atoms with van der Waals surface area (Å²) in [5.74, 6) is -2.26. The maximum Gasteiger partial charge on any atom is 0.318 e. The van der Waals surface area contributed by atoms with Gasteiger partial charge in [-0.15, -0.1) is 0 Å². The zero-order chi connectivity index (χ0) is 43.0. The number of carboxylic acids is 2. The van der Waals surface area contributed by atoms with Gasteiger partial charge in [-0.05, 0) is 64.2 Å². The van der Waals surface area contributed by atoms with Crippen LogP contribution in [0, 0.1) is 0 Å². The summed E-state index contributed by atoms with van der Waals surface area (Å²) in [7, 11) is 6.37. The number of carboxylic acid groups (broad SMARTS) is 2. The van der Waals surface area contributed by atoms with E-state index in [0.29, 0.717) is 36.2 Å². The molecule has 0 radical (unpaired) electrons. The molecule has 0 spiro atoms. The molecule has 0 aromatic heterocycles. The number of rotatable bonds is 43. The monoisotopic (exact) mass is 857 g/mol. The molecule has 0 saturated carbocycles. The summed E-state index contributed by atoms with van der Waals surface area (Å²) in [4.78, 5) is 48.1. The summed E-state index contributed by atoms with van der Waals surface area (Å²) in [6, 6.07) is 0. The molecule has 2 atom stereocenters. The number of ether oxygens (including phenoxy) is 2. The molecule has 0 aromatic rings. The number of nitrogens with zero attached hydrogens (tertiary/aromatic N) is 1. The van der Waals surface area contributed by atoms with E-state index in [4.69, 9.17) is 14.6 Å². The first kappa shape index (κ1) is 56.0. The van der Waals surface area contributed by atoms with E-state index in [1.807, 2.05) is 14.1 Å². The predicted molar refractivity (Wildman–Crippen MR) is 245 cm³/mol. The molecule has 0 heterocycles. The largest absolute Gasteiger partial charge is 0.481 e. The molecule has 0 rings (SSSR count). The third-order valence-electron chi connectivity index (χ3n) is 10.3. The van der Waals surface area contributed by atoms with E-state index in [1.54, 1.807) is 0 Å². The number of esters is 2. The van der Waals surface area contributed by atoms with Crippen LogP contribution in [-0.4, -0.2) is 89.5 Å². The molecule has 0 aliphatic carbocycles. The van der Waals surface area contributed by atoms with E-state index in [-0.39, 0.29) is 18.5 Å². The summed E-state index contributed by atoms with van der Waals surface area (Å²) < 4.78 is 12.0. The lowest BCUT2D eigenvalue weighted by Gasteiger charge is -2.33. The number of hydrogen-bond acceptors (Lipinski definition) is 8. The molecule has 0 bridgehead atoms. The fourth-order valence-electron chi connectivity index (χ4n) is 6.69. The molecule has 0 aromatic carbocycles. The van der Waals surface area contributed by atoms with Crippen molar-refractivity contribution in [2.45, 2.75) is 211 Å². The summed E-state index contributed by atoms with van der Waals surface area (Å²) in [6.07, 6.45) is 39.9. The van der Waals surface area contributed by atoms with Crippen molar-refractivity contribution in [3.8, 4) is 0 Å². The Morgan fingerprint density at radius 2 is 1.00 bits per heavy atom. The van der Waals surface area contributed by atoms with E-state index in [2.05, 4.69) is 38.2 Å². The van der Waals surface area contributed by atoms with Crippen LogP contribution >= 0.6 is 21.6 Å². The summed E-state index contributed by atoms with van der Waals surface area (Å²) in [5, 5.41) is 17.3. The van der Waals surface area contributed by atoms with Gasteiger partial charge >= 0.3 is 23.9 Å². The lowest BCUT2D eigenvalue weighted by molar-refractivity contribution is -0.890. The zero-order valence-electron chi connectivity index (χ0n) is 37.4. The van der Waals surface area contributed by atoms with Gasteiger partial charge in [0.25, 0.3) is 0 Å². The van der Waals surface area contributed by atoms with Crippen molar-refractivity contribution < 1.29 is 43.3 Å². The van der Waals surface area contributed by atoms with Crippen LogP contribution in [0.3, 0.4) is 0 Å². The molecule has 9 nitrogen and oxygen atoms in total. The highest BCUT2D eigenvalue weighted by molar-refractivity contribution is 8.77. The van der Waals surface area contributed by atoms with Crippen molar-refractivity contribution in [3.63, 3.8) is 0 Å². The zero-order valence-corrected chi connectivity index (χ0v) is 39.0. The van der Waals surface area contributed by atoms with Gasteiger partial charge in [0, 0.05) is 12.8 Å². The number of hydrogen-bond donors (Lipinski definition) is 2. The Morgan fingerprint density at radius 1 is 0.586 bits per heavy atom. The van der Waals surface area contributed by atoms with Gasteiger partial charge in [0.05, 0.1) is 32.8 Å². The van der Waals surface area contributed by atoms with E-state index < -0.39 is 29.7 Å². The number of unbranched alkanes of at least 4 members (excludes halogenated alkanes) is 22. The molecular weight excluding hydrogens is 771 g/mol. The van der Waals surface area contributed by atoms with Crippen LogP contribution in [0.4, 0.5) is 0 Å². The van der Waals surface area contributed by atoms with Crippen LogP contribution in [-0.2, 0) is 28.7 Å². The lowest BCUT2D eigenvalue weighted by Crippen LogP contribution is -2.49. The van der Waals surface area contributed by atoms with Crippen LogP contribution < -0.4 is 0 Å². The van der Waals surface area contributed by atoms with Gasteiger partial charge in [-0.1, -0.05) is 162 Å². The van der Waals surface area contributed by atoms with Gasteiger partial charge in [0.15, 0.2) is 6.10 Å². The van der Waals surface area contributed by atoms with Crippen molar-refractivity contribution in [3.05, 3.63) is 24.3 Å². The van der Waals surface area contributed by atoms with E-state index in [0.717, 1.165) is 75.0 Å². The molecular formula is C47H86NO8S2+. The minimum Gasteiger partial charge on any atom is -0.481 e. The van der Waals surface area contributed by atoms with Gasteiger partial charge in [-0.3, -0.25) is 19.2 Å². The topological polar surface area (TPSA) is 127 Å². The smallest absolute Gasteiger partial charge is 0.318 e. The normalized spacial score (nSPS) is 13.0. The second kappa shape index (κ2) is 40.4. The van der Waals surface area contributed by atoms with Crippen LogP contribution in [0.5, 0.6) is 0 Å². The molecule has 2 N–H and O–H groups in total. The minimum absolute atomic E-state index is 0.00525. The number of carbonyl (C=O) groups excluding carboxylic acids is 2. The maximum absolute atomic E-state index is 12.9. The number of carbonyl (C=O) groups is 4. The lowest BCUT2D eigenvalue weighted by atomic mass is 10.1. The van der Waals surface area contributed by atoms with Crippen molar-refractivity contribution >= 4 is 45.5 Å². The standard InChI is InChI=1S/C47H85NO8S2/c1-5-7-9-11-13-15-17-19-21-23-25-27-29-31-33-35-45(51)55-41-42(40-48(3,4)37-38-57-58-43(47(53)54)39-44(49)50)56-46(52)36-34-32-30-28-26-24-22-20-18-16-14-12-10-8-6-2/h19-22,42-43H,5-18,23-41H2,1-4H3,(H-,49,50,53,54)/p+1/b21-19-,22-20+. The third kappa shape index (κ3) is 39.5. The minimum atomic E-state index is -1.14. The van der Waals surface area contributed by atoms with E-state index >= 15 is 0 Å². The quantitative estimate of drug-likeness (QED) is 0.0201. The molecule has 2 unspecified atom stereocenters. The molecule has 0 amide bonds. The second-order valence-electron chi connectivity index (χ2n) is 16.6. The Balaban J connectivity index is 4.61. The van der Waals surface area contributed by atoms with Crippen molar-refractivity contribution in [1.82, 2.24) is 0 Å². The Morgan fingerprint density at radius 3 is 1.43 bits per heavy atom. The third-order valence-corrected chi connectivity index (χ3v) is 13.0. The first-order valence-corrected chi connectivity index (χ1v) is 25.6. The highest BCUT2D eigenvalue weighted by Crippen LogP contribution is 2.29. The van der Waals surface area contributed by atoms with Crippen LogP contribution in [0.1, 0.15) is 200 Å². The average molecular weight is 857 g/mol. The molecule has 338 valence electrons. The molecule has 0 aliphatic heterocycles. The van der Waals surface area contributed by atoms with Crippen LogP contribution in [0.15, 0.2) is 24.3 Å². The second-order valence-corrected chi connectivity index (χ2v) is 19.3. The number of aliphatic carboxylic acids is 2. The fourth-order valence-corrected chi connectivity index (χ4v) is 9.26. The van der Waals surface area contributed by atoms with E-state index in [9.17, 15) is 24.3 Å². The Hall–Kier alpha value is -1.98. The SMILES string of the molecule is CCCCCCCC/C=C\CCCCCCCC(=O)OCC(C[N+](C)(C)CCSSC(CC(=O)O)C(=O)O)OC(=O)CCCCCCC/C=C/CCCCCCCC. The maximum atomic E-state index is 12.9. The number of quaternary nitrogens is 1. The number of allylic oxidation sites excluding steroid dienone is 4. The van der Waals surface area contributed by atoms with E-state index in [1.165, 1.54) is 114 Å². The summed E-state index contributed by atoms with van der Waals surface area (Å²) in [5.41, 5.74) is 0. The fraction of sp³-hybridized carbons (Fsp3) is 0.830. The van der Waals surface area contributed by atoms with Crippen molar-refractivity contribution in [2.24, 2.45) is 0 Å². The van der Waals surface area contributed by atoms with Gasteiger partial charge in [0.2, 0.25) is 0 Å². The highest BCUT2D eigenvalue weighted by Gasteiger charge is 2.28. The first-order chi connectivity index (χ1) is 28.0. The molecule has 0 aliphatic rings. The van der Waals surface area contributed by atoms with Gasteiger partial charge < -0.3 is 24.2 Å². The highest BCUT2D eigenvalue weighted by atomic mass is 33.1. The van der Waals surface area contributed by atoms with Gasteiger partial charge in [-0.25, -0.2) is 0 Å². The Kier molecular flexibility index (Phi) is 39.0. The first-order valence-electron chi connectivity index (χ1n) is 23.2. The summed E-state index contributed by atoms with van der Waals surface area (Å²) >= 11 is 0. The Bertz CT molecular complexity index is 1080. The molecule has 0 saturated heterocycles. The Labute approximate surface area is 362 Å². The van der Waals surface area contributed by atoms with Crippen molar-refractivity contribution in [2.75, 3.05) is 39.5 Å². The van der Waals surface area contributed by atoms with Crippen LogP contribution in [0.2, 0.25) is 0 Å². The summed E-state index contributed by atoms with van der Waals surface area (Å²) in [6.45, 7) is 5.57. The molecule has 11 heteroatoms. The molecule has 0 fully saturated rings. The molecule has 58 heavy (non-hydrogen) atoms. The number of likely N-dealkylation sites (N-methyl/N-ethyl adjacent to an activating group) is 1. The van der Waals surface area contributed by atoms with Gasteiger partial charge in [0.1, 0.15) is 18.4 Å². The van der Waals surface area contributed by atoms with Gasteiger partial charge in [-0.2, -0.15) is 0 Å². The predicted octanol–water partition coefficient (Wildman–Crippen LogP) is 12.9.